The lowest BCUT2D eigenvalue weighted by molar-refractivity contribution is -0.150. The fraction of sp³-hybridized carbons (Fsp3) is 0.533. The minimum Gasteiger partial charge on any atom is -0.481 e. The molecule has 0 aliphatic carbocycles. The molecule has 18 heavy (non-hydrogen) atoms. The second kappa shape index (κ2) is 5.11. The molecular weight excluding hydrogens is 226 g/mol. The highest BCUT2D eigenvalue weighted by atomic mass is 16.4. The Bertz CT molecular complexity index is 414. The summed E-state index contributed by atoms with van der Waals surface area (Å²) in [5.74, 6) is -0.937. The lowest BCUT2D eigenvalue weighted by Crippen LogP contribution is -2.55. The van der Waals surface area contributed by atoms with E-state index in [9.17, 15) is 9.90 Å². The summed E-state index contributed by atoms with van der Waals surface area (Å²) in [5, 5.41) is 9.33. The third-order valence-corrected chi connectivity index (χ3v) is 4.10. The van der Waals surface area contributed by atoms with Gasteiger partial charge in [-0.15, -0.1) is 0 Å². The molecule has 0 radical (unpaired) electrons. The van der Waals surface area contributed by atoms with Gasteiger partial charge in [0.15, 0.2) is 0 Å². The average molecular weight is 247 g/mol. The van der Waals surface area contributed by atoms with Gasteiger partial charge >= 0.3 is 5.97 Å². The summed E-state index contributed by atoms with van der Waals surface area (Å²) >= 11 is 0. The van der Waals surface area contributed by atoms with Gasteiger partial charge in [0.25, 0.3) is 0 Å². The lowest BCUT2D eigenvalue weighted by Gasteiger charge is -2.46. The molecule has 0 spiro atoms. The molecular formula is C15H21NO2. The van der Waals surface area contributed by atoms with Gasteiger partial charge in [0.1, 0.15) is 0 Å². The van der Waals surface area contributed by atoms with E-state index in [4.69, 9.17) is 0 Å². The number of hydrogen-bond donors (Lipinski definition) is 1. The molecule has 0 bridgehead atoms. The number of aliphatic carboxylic acids is 1. The van der Waals surface area contributed by atoms with Crippen molar-refractivity contribution >= 4 is 5.97 Å². The monoisotopic (exact) mass is 247 g/mol. The molecule has 1 aliphatic heterocycles. The molecule has 1 aromatic rings. The number of hydrogen-bond acceptors (Lipinski definition) is 2. The van der Waals surface area contributed by atoms with Crippen molar-refractivity contribution in [3.05, 3.63) is 35.9 Å². The van der Waals surface area contributed by atoms with Crippen LogP contribution >= 0.6 is 0 Å². The van der Waals surface area contributed by atoms with Crippen LogP contribution < -0.4 is 0 Å². The third-order valence-electron chi connectivity index (χ3n) is 4.10. The highest BCUT2D eigenvalue weighted by Gasteiger charge is 2.42. The van der Waals surface area contributed by atoms with E-state index >= 15 is 0 Å². The molecule has 3 nitrogen and oxygen atoms in total. The summed E-state index contributed by atoms with van der Waals surface area (Å²) in [4.78, 5) is 13.6. The fourth-order valence-corrected chi connectivity index (χ4v) is 2.86. The van der Waals surface area contributed by atoms with Gasteiger partial charge in [-0.1, -0.05) is 30.3 Å². The molecule has 1 heterocycles. The van der Waals surface area contributed by atoms with Crippen LogP contribution in [0.1, 0.15) is 32.3 Å². The first-order chi connectivity index (χ1) is 8.51. The number of carbonyl (C=O) groups is 1. The van der Waals surface area contributed by atoms with Crippen LogP contribution in [0.5, 0.6) is 0 Å². The van der Waals surface area contributed by atoms with E-state index in [1.807, 2.05) is 32.0 Å². The van der Waals surface area contributed by atoms with Crippen molar-refractivity contribution in [2.45, 2.75) is 38.8 Å². The Morgan fingerprint density at radius 2 is 2.06 bits per heavy atom. The molecule has 0 aromatic heterocycles. The van der Waals surface area contributed by atoms with Crippen molar-refractivity contribution < 1.29 is 9.90 Å². The number of benzene rings is 1. The largest absolute Gasteiger partial charge is 0.481 e. The maximum Gasteiger partial charge on any atom is 0.308 e. The van der Waals surface area contributed by atoms with Crippen molar-refractivity contribution in [1.82, 2.24) is 4.90 Å². The van der Waals surface area contributed by atoms with Gasteiger partial charge in [0, 0.05) is 12.1 Å². The number of nitrogens with zero attached hydrogens (tertiary/aromatic N) is 1. The minimum atomic E-state index is -0.669. The molecule has 1 N–H and O–H groups in total. The van der Waals surface area contributed by atoms with Gasteiger partial charge in [-0.05, 0) is 38.8 Å². The Balaban J connectivity index is 2.15. The molecule has 1 fully saturated rings. The van der Waals surface area contributed by atoms with E-state index in [2.05, 4.69) is 17.0 Å². The van der Waals surface area contributed by atoms with Crippen molar-refractivity contribution in [2.24, 2.45) is 5.92 Å². The van der Waals surface area contributed by atoms with Gasteiger partial charge in [-0.25, -0.2) is 0 Å². The predicted molar refractivity (Wildman–Crippen MR) is 71.3 cm³/mol. The lowest BCUT2D eigenvalue weighted by atomic mass is 9.79. The first kappa shape index (κ1) is 13.1. The van der Waals surface area contributed by atoms with E-state index in [-0.39, 0.29) is 11.5 Å². The highest BCUT2D eigenvalue weighted by molar-refractivity contribution is 5.71. The topological polar surface area (TPSA) is 40.5 Å². The summed E-state index contributed by atoms with van der Waals surface area (Å²) in [6.07, 6.45) is 1.75. The first-order valence-corrected chi connectivity index (χ1v) is 6.53. The van der Waals surface area contributed by atoms with E-state index < -0.39 is 5.97 Å². The summed E-state index contributed by atoms with van der Waals surface area (Å²) in [5.41, 5.74) is 0.969. The molecule has 2 rings (SSSR count). The van der Waals surface area contributed by atoms with Crippen LogP contribution in [0, 0.1) is 5.92 Å². The zero-order valence-corrected chi connectivity index (χ0v) is 11.1. The Morgan fingerprint density at radius 1 is 1.39 bits per heavy atom. The van der Waals surface area contributed by atoms with E-state index in [1.165, 1.54) is 5.56 Å². The van der Waals surface area contributed by atoms with Crippen molar-refractivity contribution in [2.75, 3.05) is 6.54 Å². The number of likely N-dealkylation sites (tertiary alicyclic amines) is 1. The fourth-order valence-electron chi connectivity index (χ4n) is 2.86. The zero-order chi connectivity index (χ0) is 13.2. The maximum absolute atomic E-state index is 11.3. The summed E-state index contributed by atoms with van der Waals surface area (Å²) in [6, 6.07) is 10.3. The molecule has 3 heteroatoms. The first-order valence-electron chi connectivity index (χ1n) is 6.53. The standard InChI is InChI=1S/C15H21NO2/c1-15(2)13(14(17)18)9-6-10-16(15)11-12-7-4-3-5-8-12/h3-5,7-8,13H,6,9-11H2,1-2H3,(H,17,18). The molecule has 1 aromatic carbocycles. The van der Waals surface area contributed by atoms with E-state index in [1.54, 1.807) is 0 Å². The average Bonchev–Trinajstić information content (AvgIpc) is 2.32. The second-order valence-corrected chi connectivity index (χ2v) is 5.59. The second-order valence-electron chi connectivity index (χ2n) is 5.59. The zero-order valence-electron chi connectivity index (χ0n) is 11.1. The normalized spacial score (nSPS) is 23.8. The smallest absolute Gasteiger partial charge is 0.308 e. The van der Waals surface area contributed by atoms with Crippen molar-refractivity contribution in [3.63, 3.8) is 0 Å². The number of carboxylic acids is 1. The molecule has 98 valence electrons. The summed E-state index contributed by atoms with van der Waals surface area (Å²) in [7, 11) is 0. The molecule has 1 saturated heterocycles. The Morgan fingerprint density at radius 3 is 2.67 bits per heavy atom. The van der Waals surface area contributed by atoms with Crippen LogP contribution in [0.15, 0.2) is 30.3 Å². The summed E-state index contributed by atoms with van der Waals surface area (Å²) < 4.78 is 0. The Labute approximate surface area is 108 Å². The summed E-state index contributed by atoms with van der Waals surface area (Å²) in [6.45, 7) is 5.91. The van der Waals surface area contributed by atoms with E-state index in [0.29, 0.717) is 0 Å². The van der Waals surface area contributed by atoms with Crippen LogP contribution in [0.3, 0.4) is 0 Å². The molecule has 0 saturated carbocycles. The number of rotatable bonds is 3. The van der Waals surface area contributed by atoms with E-state index in [0.717, 1.165) is 25.9 Å². The number of carboxylic acid groups (broad SMARTS) is 1. The van der Waals surface area contributed by atoms with Crippen LogP contribution in [0.2, 0.25) is 0 Å². The van der Waals surface area contributed by atoms with Crippen LogP contribution in [-0.2, 0) is 11.3 Å². The predicted octanol–water partition coefficient (Wildman–Crippen LogP) is 2.76. The Hall–Kier alpha value is -1.35. The molecule has 1 atom stereocenters. The Kier molecular flexibility index (Phi) is 3.71. The molecule has 0 amide bonds. The van der Waals surface area contributed by atoms with Gasteiger partial charge in [-0.3, -0.25) is 9.69 Å². The molecule has 1 unspecified atom stereocenters. The van der Waals surface area contributed by atoms with Gasteiger partial charge < -0.3 is 5.11 Å². The third kappa shape index (κ3) is 2.56. The van der Waals surface area contributed by atoms with Crippen LogP contribution in [0.4, 0.5) is 0 Å². The maximum atomic E-state index is 11.3. The quantitative estimate of drug-likeness (QED) is 0.893. The number of piperidine rings is 1. The van der Waals surface area contributed by atoms with Crippen LogP contribution in [0.25, 0.3) is 0 Å². The molecule has 1 aliphatic rings. The SMILES string of the molecule is CC1(C)C(C(=O)O)CCCN1Cc1ccccc1. The van der Waals surface area contributed by atoms with Gasteiger partial charge in [0.2, 0.25) is 0 Å². The highest BCUT2D eigenvalue weighted by Crippen LogP contribution is 2.34. The van der Waals surface area contributed by atoms with Crippen molar-refractivity contribution in [1.29, 1.82) is 0 Å². The van der Waals surface area contributed by atoms with Crippen molar-refractivity contribution in [3.8, 4) is 0 Å². The van der Waals surface area contributed by atoms with Crippen LogP contribution in [-0.4, -0.2) is 28.1 Å². The minimum absolute atomic E-state index is 0.269. The van der Waals surface area contributed by atoms with Gasteiger partial charge in [0.05, 0.1) is 5.92 Å². The van der Waals surface area contributed by atoms with Gasteiger partial charge in [-0.2, -0.15) is 0 Å².